The lowest BCUT2D eigenvalue weighted by Gasteiger charge is -2.51. The van der Waals surface area contributed by atoms with E-state index >= 15 is 0 Å². The van der Waals surface area contributed by atoms with Crippen LogP contribution < -0.4 is 5.73 Å². The molecule has 4 aromatic carbocycles. The van der Waals surface area contributed by atoms with Crippen LogP contribution in [-0.2, 0) is 50.1 Å². The lowest BCUT2D eigenvalue weighted by molar-refractivity contribution is -0.308. The highest BCUT2D eigenvalue weighted by Crippen LogP contribution is 2.36. The van der Waals surface area contributed by atoms with Crippen LogP contribution in [-0.4, -0.2) is 36.7 Å². The monoisotopic (exact) mass is 581 g/mol. The average Bonchev–Trinajstić information content (AvgIpc) is 3.05. The van der Waals surface area contributed by atoms with Crippen LogP contribution in [0, 0.1) is 0 Å². The van der Waals surface area contributed by atoms with Crippen LogP contribution in [0.5, 0.6) is 0 Å². The molecule has 0 amide bonds. The molecule has 1 aliphatic rings. The van der Waals surface area contributed by atoms with Crippen LogP contribution in [0.15, 0.2) is 121 Å². The van der Waals surface area contributed by atoms with Gasteiger partial charge in [0.2, 0.25) is 0 Å². The average molecular weight is 582 g/mol. The van der Waals surface area contributed by atoms with Gasteiger partial charge in [-0.2, -0.15) is 0 Å². The third kappa shape index (κ3) is 8.83. The number of nitrogens with two attached hydrogens (primary N) is 1. The van der Waals surface area contributed by atoms with E-state index in [2.05, 4.69) is 43.3 Å². The Bertz CT molecular complexity index is 1320. The third-order valence-corrected chi connectivity index (χ3v) is 7.72. The van der Waals surface area contributed by atoms with Gasteiger partial charge in [-0.25, -0.2) is 0 Å². The molecule has 0 aromatic heterocycles. The second-order valence-electron chi connectivity index (χ2n) is 11.1. The van der Waals surface area contributed by atoms with Crippen molar-refractivity contribution in [3.05, 3.63) is 144 Å². The molecule has 0 aliphatic carbocycles. The first-order chi connectivity index (χ1) is 21.1. The van der Waals surface area contributed by atoms with Gasteiger partial charge in [0, 0.05) is 0 Å². The summed E-state index contributed by atoms with van der Waals surface area (Å²) in [6.45, 7) is 4.02. The van der Waals surface area contributed by atoms with Gasteiger partial charge in [-0.15, -0.1) is 0 Å². The SMILES string of the molecule is CCC[C@]1(N)O[C@H](COCc2ccccc2)[C@@H](OCc2ccccc2)[C@H](OCc2ccccc2)[C@H]1OCc1ccccc1. The van der Waals surface area contributed by atoms with Crippen LogP contribution in [0.1, 0.15) is 42.0 Å². The fraction of sp³-hybridized carbons (Fsp3) is 0.351. The quantitative estimate of drug-likeness (QED) is 0.166. The molecule has 1 heterocycles. The Balaban J connectivity index is 1.44. The van der Waals surface area contributed by atoms with E-state index in [0.29, 0.717) is 39.5 Å². The number of rotatable bonds is 15. The maximum atomic E-state index is 7.14. The maximum Gasteiger partial charge on any atom is 0.146 e. The molecule has 5 rings (SSSR count). The minimum Gasteiger partial charge on any atom is -0.374 e. The van der Waals surface area contributed by atoms with E-state index < -0.39 is 30.1 Å². The summed E-state index contributed by atoms with van der Waals surface area (Å²) < 4.78 is 33.1. The van der Waals surface area contributed by atoms with Crippen LogP contribution >= 0.6 is 0 Å². The topological polar surface area (TPSA) is 72.2 Å². The molecule has 6 heteroatoms. The molecule has 43 heavy (non-hydrogen) atoms. The molecule has 1 fully saturated rings. The summed E-state index contributed by atoms with van der Waals surface area (Å²) in [5.41, 5.74) is 10.3. The lowest BCUT2D eigenvalue weighted by Crippen LogP contribution is -2.70. The number of benzene rings is 4. The van der Waals surface area contributed by atoms with Crippen LogP contribution in [0.25, 0.3) is 0 Å². The molecule has 6 nitrogen and oxygen atoms in total. The van der Waals surface area contributed by atoms with Crippen molar-refractivity contribution in [2.24, 2.45) is 5.73 Å². The molecule has 0 radical (unpaired) electrons. The first-order valence-corrected chi connectivity index (χ1v) is 15.2. The van der Waals surface area contributed by atoms with E-state index in [4.69, 9.17) is 29.4 Å². The van der Waals surface area contributed by atoms with Gasteiger partial charge in [0.25, 0.3) is 0 Å². The minimum atomic E-state index is -1.10. The largest absolute Gasteiger partial charge is 0.374 e. The lowest BCUT2D eigenvalue weighted by atomic mass is 9.87. The van der Waals surface area contributed by atoms with Crippen LogP contribution in [0.3, 0.4) is 0 Å². The van der Waals surface area contributed by atoms with E-state index in [1.54, 1.807) is 0 Å². The van der Waals surface area contributed by atoms with Gasteiger partial charge in [-0.3, -0.25) is 0 Å². The fourth-order valence-corrected chi connectivity index (χ4v) is 5.58. The van der Waals surface area contributed by atoms with Crippen molar-refractivity contribution in [3.8, 4) is 0 Å². The van der Waals surface area contributed by atoms with Gasteiger partial charge in [0.1, 0.15) is 30.1 Å². The Hall–Kier alpha value is -3.36. The maximum absolute atomic E-state index is 7.14. The Morgan fingerprint density at radius 1 is 0.581 bits per heavy atom. The highest BCUT2D eigenvalue weighted by atomic mass is 16.6. The van der Waals surface area contributed by atoms with Crippen molar-refractivity contribution in [2.75, 3.05) is 6.61 Å². The molecule has 4 aromatic rings. The Kier molecular flexibility index (Phi) is 11.5. The Labute approximate surface area is 255 Å². The third-order valence-electron chi connectivity index (χ3n) is 7.72. The van der Waals surface area contributed by atoms with E-state index in [1.807, 2.05) is 84.9 Å². The number of hydrogen-bond donors (Lipinski definition) is 1. The van der Waals surface area contributed by atoms with E-state index in [0.717, 1.165) is 28.7 Å². The van der Waals surface area contributed by atoms with Crippen molar-refractivity contribution >= 4 is 0 Å². The van der Waals surface area contributed by atoms with Gasteiger partial charge in [0.15, 0.2) is 0 Å². The standard InChI is InChI=1S/C37H43NO5/c1-2-23-37(38)36(42-27-32-21-13-6-14-22-32)35(41-26-31-19-11-5-12-20-31)34(40-25-30-17-9-4-10-18-30)33(43-37)28-39-24-29-15-7-3-8-16-29/h3-22,33-36H,2,23-28,38H2,1H3/t33-,34-,35+,36-,37+/m1/s1. The molecule has 5 atom stereocenters. The predicted octanol–water partition coefficient (Wildman–Crippen LogP) is 6.81. The van der Waals surface area contributed by atoms with E-state index in [9.17, 15) is 0 Å². The van der Waals surface area contributed by atoms with Crippen molar-refractivity contribution < 1.29 is 23.7 Å². The highest BCUT2D eigenvalue weighted by molar-refractivity contribution is 5.17. The molecular formula is C37H43NO5. The van der Waals surface area contributed by atoms with Gasteiger partial charge >= 0.3 is 0 Å². The zero-order chi connectivity index (χ0) is 29.7. The summed E-state index contributed by atoms with van der Waals surface area (Å²) in [6, 6.07) is 40.5. The first-order valence-electron chi connectivity index (χ1n) is 15.2. The van der Waals surface area contributed by atoms with Gasteiger partial charge < -0.3 is 29.4 Å². The molecule has 0 spiro atoms. The molecular weight excluding hydrogens is 538 g/mol. The Morgan fingerprint density at radius 2 is 1.00 bits per heavy atom. The van der Waals surface area contributed by atoms with Crippen molar-refractivity contribution in [2.45, 2.75) is 76.3 Å². The second-order valence-corrected chi connectivity index (χ2v) is 11.1. The van der Waals surface area contributed by atoms with Crippen molar-refractivity contribution in [1.29, 1.82) is 0 Å². The minimum absolute atomic E-state index is 0.299. The molecule has 2 N–H and O–H groups in total. The van der Waals surface area contributed by atoms with Crippen molar-refractivity contribution in [1.82, 2.24) is 0 Å². The highest BCUT2D eigenvalue weighted by Gasteiger charge is 2.54. The summed E-state index contributed by atoms with van der Waals surface area (Å²) in [5, 5.41) is 0. The smallest absolute Gasteiger partial charge is 0.146 e. The summed E-state index contributed by atoms with van der Waals surface area (Å²) >= 11 is 0. The second kappa shape index (κ2) is 15.9. The first kappa shape index (κ1) is 31.1. The predicted molar refractivity (Wildman–Crippen MR) is 168 cm³/mol. The molecule has 226 valence electrons. The van der Waals surface area contributed by atoms with Crippen molar-refractivity contribution in [3.63, 3.8) is 0 Å². The zero-order valence-corrected chi connectivity index (χ0v) is 24.9. The molecule has 0 bridgehead atoms. The molecule has 0 saturated carbocycles. The fourth-order valence-electron chi connectivity index (χ4n) is 5.58. The zero-order valence-electron chi connectivity index (χ0n) is 24.9. The number of ether oxygens (including phenoxy) is 5. The van der Waals surface area contributed by atoms with Crippen LogP contribution in [0.4, 0.5) is 0 Å². The molecule has 1 saturated heterocycles. The summed E-state index contributed by atoms with van der Waals surface area (Å²) in [4.78, 5) is 0. The normalized spacial score (nSPS) is 23.7. The molecule has 1 aliphatic heterocycles. The number of hydrogen-bond acceptors (Lipinski definition) is 6. The van der Waals surface area contributed by atoms with E-state index in [-0.39, 0.29) is 0 Å². The van der Waals surface area contributed by atoms with E-state index in [1.165, 1.54) is 0 Å². The summed E-state index contributed by atoms with van der Waals surface area (Å²) in [7, 11) is 0. The van der Waals surface area contributed by atoms with Gasteiger partial charge in [-0.1, -0.05) is 135 Å². The molecule has 0 unspecified atom stereocenters. The van der Waals surface area contributed by atoms with Gasteiger partial charge in [0.05, 0.1) is 33.0 Å². The summed E-state index contributed by atoms with van der Waals surface area (Å²) in [6.07, 6.45) is -0.639. The van der Waals surface area contributed by atoms with Gasteiger partial charge in [-0.05, 0) is 28.7 Å². The van der Waals surface area contributed by atoms with Crippen LogP contribution in [0.2, 0.25) is 0 Å². The summed E-state index contributed by atoms with van der Waals surface area (Å²) in [5.74, 6) is 0. The Morgan fingerprint density at radius 3 is 1.47 bits per heavy atom.